The molecule has 1 amide bonds. The van der Waals surface area contributed by atoms with Crippen molar-refractivity contribution >= 4 is 5.91 Å². The lowest BCUT2D eigenvalue weighted by molar-refractivity contribution is -0.139. The standard InChI is InChI=1S/C25H32N4O/c1-20(2)25(26,15-13-23-17-27-19-28-23)24(30)29(18-22-11-7-4-8-12-22)16-14-21-9-5-3-6-10-21/h3-12,17,19-20H,13-16,18,26H2,1-2H3,(H,27,28)/t25-/m0/s1. The van der Waals surface area contributed by atoms with Gasteiger partial charge >= 0.3 is 0 Å². The Balaban J connectivity index is 1.79. The lowest BCUT2D eigenvalue weighted by atomic mass is 9.81. The summed E-state index contributed by atoms with van der Waals surface area (Å²) in [5, 5.41) is 0. The SMILES string of the molecule is CC(C)[C@@](N)(CCc1cnc[nH]1)C(=O)N(CCc1ccccc1)Cc1ccccc1. The Morgan fingerprint density at radius 3 is 2.23 bits per heavy atom. The number of hydrogen-bond acceptors (Lipinski definition) is 3. The topological polar surface area (TPSA) is 75.0 Å². The number of rotatable bonds is 10. The number of aryl methyl sites for hydroxylation is 1. The van der Waals surface area contributed by atoms with Gasteiger partial charge in [-0.2, -0.15) is 0 Å². The van der Waals surface area contributed by atoms with Gasteiger partial charge in [0.05, 0.1) is 11.9 Å². The van der Waals surface area contributed by atoms with E-state index in [0.717, 1.165) is 17.7 Å². The molecule has 0 unspecified atom stereocenters. The Morgan fingerprint density at radius 2 is 1.67 bits per heavy atom. The molecule has 0 fully saturated rings. The number of aromatic amines is 1. The molecule has 5 heteroatoms. The predicted octanol–water partition coefficient (Wildman–Crippen LogP) is 3.97. The fraction of sp³-hybridized carbons (Fsp3) is 0.360. The minimum atomic E-state index is -0.934. The van der Waals surface area contributed by atoms with E-state index in [0.29, 0.717) is 25.9 Å². The summed E-state index contributed by atoms with van der Waals surface area (Å²) in [4.78, 5) is 22.9. The number of carbonyl (C=O) groups excluding carboxylic acids is 1. The van der Waals surface area contributed by atoms with Crippen LogP contribution in [0.1, 0.15) is 37.1 Å². The van der Waals surface area contributed by atoms with Gasteiger partial charge in [0.15, 0.2) is 0 Å². The lowest BCUT2D eigenvalue weighted by Gasteiger charge is -2.37. The number of nitrogens with one attached hydrogen (secondary N) is 1. The molecule has 1 heterocycles. The number of H-pyrrole nitrogens is 1. The van der Waals surface area contributed by atoms with E-state index in [1.165, 1.54) is 5.56 Å². The molecule has 158 valence electrons. The highest BCUT2D eigenvalue weighted by Crippen LogP contribution is 2.24. The highest BCUT2D eigenvalue weighted by molar-refractivity contribution is 5.86. The highest BCUT2D eigenvalue weighted by Gasteiger charge is 2.40. The summed E-state index contributed by atoms with van der Waals surface area (Å²) in [7, 11) is 0. The first kappa shape index (κ1) is 21.8. The van der Waals surface area contributed by atoms with Crippen LogP contribution in [-0.4, -0.2) is 32.9 Å². The molecule has 1 aromatic heterocycles. The molecule has 0 aliphatic heterocycles. The summed E-state index contributed by atoms with van der Waals surface area (Å²) in [6, 6.07) is 20.4. The number of nitrogens with zero attached hydrogens (tertiary/aromatic N) is 2. The number of imidazole rings is 1. The van der Waals surface area contributed by atoms with Crippen molar-refractivity contribution in [1.29, 1.82) is 0 Å². The molecular formula is C25H32N4O. The maximum absolute atomic E-state index is 13.8. The fourth-order valence-electron chi connectivity index (χ4n) is 3.66. The van der Waals surface area contributed by atoms with Crippen LogP contribution in [0.4, 0.5) is 0 Å². The average Bonchev–Trinajstić information content (AvgIpc) is 3.29. The number of carbonyl (C=O) groups is 1. The third-order valence-corrected chi connectivity index (χ3v) is 5.81. The van der Waals surface area contributed by atoms with E-state index in [-0.39, 0.29) is 11.8 Å². The van der Waals surface area contributed by atoms with E-state index in [9.17, 15) is 4.79 Å². The van der Waals surface area contributed by atoms with Crippen molar-refractivity contribution in [2.45, 2.75) is 45.2 Å². The van der Waals surface area contributed by atoms with Gasteiger partial charge < -0.3 is 15.6 Å². The van der Waals surface area contributed by atoms with E-state index in [1.54, 1.807) is 12.5 Å². The first-order valence-electron chi connectivity index (χ1n) is 10.6. The number of aromatic nitrogens is 2. The lowest BCUT2D eigenvalue weighted by Crippen LogP contribution is -2.59. The van der Waals surface area contributed by atoms with Crippen LogP contribution in [0, 0.1) is 5.92 Å². The number of benzene rings is 2. The normalized spacial score (nSPS) is 13.2. The van der Waals surface area contributed by atoms with Crippen LogP contribution in [0.25, 0.3) is 0 Å². The van der Waals surface area contributed by atoms with E-state index in [2.05, 4.69) is 34.2 Å². The van der Waals surface area contributed by atoms with Crippen molar-refractivity contribution in [3.8, 4) is 0 Å². The number of amides is 1. The van der Waals surface area contributed by atoms with Crippen molar-refractivity contribution in [2.24, 2.45) is 11.7 Å². The first-order chi connectivity index (χ1) is 14.5. The van der Waals surface area contributed by atoms with Gasteiger partial charge in [-0.25, -0.2) is 4.98 Å². The van der Waals surface area contributed by atoms with Crippen LogP contribution < -0.4 is 5.73 Å². The summed E-state index contributed by atoms with van der Waals surface area (Å²) in [6.07, 6.45) is 5.52. The summed E-state index contributed by atoms with van der Waals surface area (Å²) in [5.74, 6) is 0.0275. The van der Waals surface area contributed by atoms with Crippen LogP contribution in [0.5, 0.6) is 0 Å². The van der Waals surface area contributed by atoms with Crippen LogP contribution in [0.15, 0.2) is 73.2 Å². The molecule has 0 saturated heterocycles. The van der Waals surface area contributed by atoms with Gasteiger partial charge in [0.2, 0.25) is 5.91 Å². The predicted molar refractivity (Wildman–Crippen MR) is 121 cm³/mol. The summed E-state index contributed by atoms with van der Waals surface area (Å²) in [5.41, 5.74) is 9.19. The van der Waals surface area contributed by atoms with E-state index in [1.807, 2.05) is 55.1 Å². The van der Waals surface area contributed by atoms with Gasteiger partial charge in [-0.1, -0.05) is 74.5 Å². The molecule has 0 spiro atoms. The van der Waals surface area contributed by atoms with E-state index in [4.69, 9.17) is 5.73 Å². The summed E-state index contributed by atoms with van der Waals surface area (Å²) >= 11 is 0. The molecule has 0 aliphatic carbocycles. The van der Waals surface area contributed by atoms with Gasteiger partial charge in [-0.15, -0.1) is 0 Å². The fourth-order valence-corrected chi connectivity index (χ4v) is 3.66. The van der Waals surface area contributed by atoms with Gasteiger partial charge in [0.1, 0.15) is 0 Å². The minimum absolute atomic E-state index is 0.0109. The molecule has 3 aromatic rings. The van der Waals surface area contributed by atoms with Crippen molar-refractivity contribution < 1.29 is 4.79 Å². The zero-order chi connectivity index (χ0) is 21.4. The quantitative estimate of drug-likeness (QED) is 0.537. The van der Waals surface area contributed by atoms with Crippen molar-refractivity contribution in [3.63, 3.8) is 0 Å². The molecule has 1 atom stereocenters. The molecule has 30 heavy (non-hydrogen) atoms. The van der Waals surface area contributed by atoms with Crippen molar-refractivity contribution in [1.82, 2.24) is 14.9 Å². The monoisotopic (exact) mass is 404 g/mol. The second kappa shape index (κ2) is 10.2. The molecule has 0 radical (unpaired) electrons. The molecule has 0 saturated carbocycles. The Bertz CT molecular complexity index is 893. The van der Waals surface area contributed by atoms with Crippen LogP contribution in [-0.2, 0) is 24.2 Å². The second-order valence-electron chi connectivity index (χ2n) is 8.22. The minimum Gasteiger partial charge on any atom is -0.348 e. The highest BCUT2D eigenvalue weighted by atomic mass is 16.2. The molecule has 3 N–H and O–H groups in total. The third kappa shape index (κ3) is 5.57. The van der Waals surface area contributed by atoms with Gasteiger partial charge in [-0.05, 0) is 36.3 Å². The Labute approximate surface area is 179 Å². The average molecular weight is 405 g/mol. The van der Waals surface area contributed by atoms with Gasteiger partial charge in [0, 0.05) is 25.0 Å². The summed E-state index contributed by atoms with van der Waals surface area (Å²) in [6.45, 7) is 5.25. The van der Waals surface area contributed by atoms with Gasteiger partial charge in [-0.3, -0.25) is 4.79 Å². The van der Waals surface area contributed by atoms with Crippen LogP contribution in [0.2, 0.25) is 0 Å². The third-order valence-electron chi connectivity index (χ3n) is 5.81. The molecule has 5 nitrogen and oxygen atoms in total. The molecule has 3 rings (SSSR count). The van der Waals surface area contributed by atoms with Crippen LogP contribution in [0.3, 0.4) is 0 Å². The first-order valence-corrected chi connectivity index (χ1v) is 10.6. The van der Waals surface area contributed by atoms with Crippen molar-refractivity contribution in [2.75, 3.05) is 6.54 Å². The van der Waals surface area contributed by atoms with E-state index >= 15 is 0 Å². The zero-order valence-corrected chi connectivity index (χ0v) is 17.9. The molecular weight excluding hydrogens is 372 g/mol. The molecule has 0 bridgehead atoms. The van der Waals surface area contributed by atoms with Crippen LogP contribution >= 0.6 is 0 Å². The Morgan fingerprint density at radius 1 is 1.03 bits per heavy atom. The Kier molecular flexibility index (Phi) is 7.41. The van der Waals surface area contributed by atoms with E-state index < -0.39 is 5.54 Å². The van der Waals surface area contributed by atoms with Gasteiger partial charge in [0.25, 0.3) is 0 Å². The van der Waals surface area contributed by atoms with Crippen molar-refractivity contribution in [3.05, 3.63) is 90.0 Å². The molecule has 0 aliphatic rings. The largest absolute Gasteiger partial charge is 0.348 e. The maximum Gasteiger partial charge on any atom is 0.243 e. The number of hydrogen-bond donors (Lipinski definition) is 2. The Hall–Kier alpha value is -2.92. The molecule has 2 aromatic carbocycles. The summed E-state index contributed by atoms with van der Waals surface area (Å²) < 4.78 is 0. The zero-order valence-electron chi connectivity index (χ0n) is 17.9. The number of nitrogens with two attached hydrogens (primary N) is 1. The smallest absolute Gasteiger partial charge is 0.243 e. The second-order valence-corrected chi connectivity index (χ2v) is 8.22. The maximum atomic E-state index is 13.8.